The van der Waals surface area contributed by atoms with Crippen molar-refractivity contribution in [3.8, 4) is 0 Å². The first kappa shape index (κ1) is 13.8. The van der Waals surface area contributed by atoms with Crippen LogP contribution in [0, 0.1) is 5.92 Å². The maximum absolute atomic E-state index is 11.1. The average Bonchev–Trinajstić information content (AvgIpc) is 2.47. The van der Waals surface area contributed by atoms with Crippen molar-refractivity contribution in [2.45, 2.75) is 64.2 Å². The van der Waals surface area contributed by atoms with Crippen molar-refractivity contribution >= 4 is 5.97 Å². The van der Waals surface area contributed by atoms with Crippen molar-refractivity contribution in [3.05, 3.63) is 0 Å². The van der Waals surface area contributed by atoms with Gasteiger partial charge in [-0.2, -0.15) is 0 Å². The minimum Gasteiger partial charge on any atom is -0.481 e. The molecule has 0 saturated carbocycles. The molecular formula is C14H25NO3. The standard InChI is InChI=1S/C14H25NO3/c1-13(2)8-11(14(3,4)18-13)15-7-5-6-10(9-15)12(16)17/h10-11H,5-9H2,1-4H3,(H,16,17). The molecule has 2 saturated heterocycles. The van der Waals surface area contributed by atoms with Gasteiger partial charge in [-0.05, 0) is 53.5 Å². The van der Waals surface area contributed by atoms with Crippen molar-refractivity contribution in [1.82, 2.24) is 4.90 Å². The molecule has 2 rings (SSSR count). The molecule has 2 atom stereocenters. The highest BCUT2D eigenvalue weighted by Crippen LogP contribution is 2.41. The zero-order valence-corrected chi connectivity index (χ0v) is 11.9. The summed E-state index contributed by atoms with van der Waals surface area (Å²) in [5.41, 5.74) is -0.297. The molecule has 0 aromatic heterocycles. The van der Waals surface area contributed by atoms with E-state index in [4.69, 9.17) is 4.74 Å². The molecule has 0 aliphatic carbocycles. The molecule has 0 bridgehead atoms. The van der Waals surface area contributed by atoms with Crippen molar-refractivity contribution in [2.75, 3.05) is 13.1 Å². The van der Waals surface area contributed by atoms with Crippen molar-refractivity contribution in [1.29, 1.82) is 0 Å². The quantitative estimate of drug-likeness (QED) is 0.821. The summed E-state index contributed by atoms with van der Waals surface area (Å²) >= 11 is 0. The van der Waals surface area contributed by atoms with Gasteiger partial charge >= 0.3 is 5.97 Å². The van der Waals surface area contributed by atoms with Gasteiger partial charge in [-0.15, -0.1) is 0 Å². The Balaban J connectivity index is 2.09. The number of likely N-dealkylation sites (tertiary alicyclic amines) is 1. The van der Waals surface area contributed by atoms with E-state index in [-0.39, 0.29) is 17.1 Å². The Kier molecular flexibility index (Phi) is 3.45. The molecule has 18 heavy (non-hydrogen) atoms. The molecule has 2 fully saturated rings. The summed E-state index contributed by atoms with van der Waals surface area (Å²) < 4.78 is 6.11. The summed E-state index contributed by atoms with van der Waals surface area (Å²) in [5.74, 6) is -0.867. The molecule has 4 heteroatoms. The molecular weight excluding hydrogens is 230 g/mol. The van der Waals surface area contributed by atoms with Crippen LogP contribution in [-0.2, 0) is 9.53 Å². The fraction of sp³-hybridized carbons (Fsp3) is 0.929. The lowest BCUT2D eigenvalue weighted by molar-refractivity contribution is -0.144. The molecule has 0 amide bonds. The van der Waals surface area contributed by atoms with E-state index < -0.39 is 5.97 Å². The number of ether oxygens (including phenoxy) is 1. The normalized spacial score (nSPS) is 35.6. The average molecular weight is 255 g/mol. The molecule has 1 N–H and O–H groups in total. The third-order valence-electron chi connectivity index (χ3n) is 4.27. The predicted octanol–water partition coefficient (Wildman–Crippen LogP) is 2.13. The third-order valence-corrected chi connectivity index (χ3v) is 4.27. The number of hydrogen-bond donors (Lipinski definition) is 1. The van der Waals surface area contributed by atoms with Crippen LogP contribution in [0.25, 0.3) is 0 Å². The van der Waals surface area contributed by atoms with Crippen LogP contribution in [0.2, 0.25) is 0 Å². The van der Waals surface area contributed by atoms with E-state index in [0.717, 1.165) is 25.8 Å². The number of carbonyl (C=O) groups is 1. The Hall–Kier alpha value is -0.610. The lowest BCUT2D eigenvalue weighted by Crippen LogP contribution is -2.51. The SMILES string of the molecule is CC1(C)CC(N2CCCC(C(=O)O)C2)C(C)(C)O1. The Morgan fingerprint density at radius 1 is 1.33 bits per heavy atom. The van der Waals surface area contributed by atoms with Gasteiger partial charge in [0.15, 0.2) is 0 Å². The minimum atomic E-state index is -0.657. The molecule has 4 nitrogen and oxygen atoms in total. The number of hydrogen-bond acceptors (Lipinski definition) is 3. The van der Waals surface area contributed by atoms with E-state index in [1.807, 2.05) is 0 Å². The van der Waals surface area contributed by atoms with Crippen LogP contribution in [0.3, 0.4) is 0 Å². The lowest BCUT2D eigenvalue weighted by Gasteiger charge is -2.40. The zero-order chi connectivity index (χ0) is 13.6. The number of carboxylic acid groups (broad SMARTS) is 1. The van der Waals surface area contributed by atoms with Gasteiger partial charge in [-0.25, -0.2) is 0 Å². The van der Waals surface area contributed by atoms with Crippen LogP contribution in [0.1, 0.15) is 47.0 Å². The summed E-state index contributed by atoms with van der Waals surface area (Å²) in [6.45, 7) is 10.1. The molecule has 2 aliphatic rings. The van der Waals surface area contributed by atoms with Crippen molar-refractivity contribution < 1.29 is 14.6 Å². The molecule has 2 aliphatic heterocycles. The van der Waals surface area contributed by atoms with E-state index in [2.05, 4.69) is 32.6 Å². The van der Waals surface area contributed by atoms with Crippen molar-refractivity contribution in [3.63, 3.8) is 0 Å². The van der Waals surface area contributed by atoms with Gasteiger partial charge in [-0.3, -0.25) is 9.69 Å². The molecule has 0 aromatic carbocycles. The molecule has 2 heterocycles. The first-order valence-electron chi connectivity index (χ1n) is 6.88. The maximum Gasteiger partial charge on any atom is 0.307 e. The first-order valence-corrected chi connectivity index (χ1v) is 6.88. The van der Waals surface area contributed by atoms with E-state index in [0.29, 0.717) is 12.6 Å². The van der Waals surface area contributed by atoms with Crippen LogP contribution in [0.4, 0.5) is 0 Å². The highest BCUT2D eigenvalue weighted by atomic mass is 16.5. The zero-order valence-electron chi connectivity index (χ0n) is 11.9. The second-order valence-electron chi connectivity index (χ2n) is 6.86. The fourth-order valence-electron chi connectivity index (χ4n) is 3.59. The van der Waals surface area contributed by atoms with Gasteiger partial charge in [0.2, 0.25) is 0 Å². The summed E-state index contributed by atoms with van der Waals surface area (Å²) in [5, 5.41) is 9.17. The number of aliphatic carboxylic acids is 1. The topological polar surface area (TPSA) is 49.8 Å². The molecule has 104 valence electrons. The van der Waals surface area contributed by atoms with E-state index in [9.17, 15) is 9.90 Å². The smallest absolute Gasteiger partial charge is 0.307 e. The largest absolute Gasteiger partial charge is 0.481 e. The molecule has 0 aromatic rings. The molecule has 0 radical (unpaired) electrons. The number of piperidine rings is 1. The van der Waals surface area contributed by atoms with Crippen LogP contribution in [0.15, 0.2) is 0 Å². The fourth-order valence-corrected chi connectivity index (χ4v) is 3.59. The second kappa shape index (κ2) is 4.49. The van der Waals surface area contributed by atoms with Gasteiger partial charge in [0.05, 0.1) is 17.1 Å². The van der Waals surface area contributed by atoms with Crippen LogP contribution >= 0.6 is 0 Å². The van der Waals surface area contributed by atoms with Gasteiger partial charge in [0.25, 0.3) is 0 Å². The van der Waals surface area contributed by atoms with Gasteiger partial charge < -0.3 is 9.84 Å². The van der Waals surface area contributed by atoms with Gasteiger partial charge in [0, 0.05) is 12.6 Å². The monoisotopic (exact) mass is 255 g/mol. The first-order chi connectivity index (χ1) is 8.21. The Morgan fingerprint density at radius 3 is 2.50 bits per heavy atom. The Bertz CT molecular complexity index is 338. The van der Waals surface area contributed by atoms with Crippen LogP contribution < -0.4 is 0 Å². The highest BCUT2D eigenvalue weighted by molar-refractivity contribution is 5.70. The minimum absolute atomic E-state index is 0.107. The maximum atomic E-state index is 11.1. The third kappa shape index (κ3) is 2.69. The van der Waals surface area contributed by atoms with Crippen LogP contribution in [-0.4, -0.2) is 46.3 Å². The second-order valence-corrected chi connectivity index (χ2v) is 6.86. The van der Waals surface area contributed by atoms with Crippen molar-refractivity contribution in [2.24, 2.45) is 5.92 Å². The number of rotatable bonds is 2. The highest BCUT2D eigenvalue weighted by Gasteiger charge is 2.49. The number of nitrogens with zero attached hydrogens (tertiary/aromatic N) is 1. The molecule has 0 spiro atoms. The summed E-state index contributed by atoms with van der Waals surface area (Å²) in [6.07, 6.45) is 2.76. The van der Waals surface area contributed by atoms with Gasteiger partial charge in [-0.1, -0.05) is 0 Å². The van der Waals surface area contributed by atoms with E-state index >= 15 is 0 Å². The van der Waals surface area contributed by atoms with Crippen LogP contribution in [0.5, 0.6) is 0 Å². The van der Waals surface area contributed by atoms with Gasteiger partial charge in [0.1, 0.15) is 0 Å². The summed E-state index contributed by atoms with van der Waals surface area (Å²) in [7, 11) is 0. The lowest BCUT2D eigenvalue weighted by atomic mass is 9.89. The Labute approximate surface area is 109 Å². The summed E-state index contributed by atoms with van der Waals surface area (Å²) in [6, 6.07) is 0.328. The predicted molar refractivity (Wildman–Crippen MR) is 69.6 cm³/mol. The van der Waals surface area contributed by atoms with E-state index in [1.165, 1.54) is 0 Å². The van der Waals surface area contributed by atoms with E-state index in [1.54, 1.807) is 0 Å². The summed E-state index contributed by atoms with van der Waals surface area (Å²) in [4.78, 5) is 13.5. The Morgan fingerprint density at radius 2 is 2.00 bits per heavy atom. The molecule has 2 unspecified atom stereocenters. The number of carboxylic acids is 1.